The second-order valence-electron chi connectivity index (χ2n) is 5.25. The maximum Gasteiger partial charge on any atom is 0.338 e. The lowest BCUT2D eigenvalue weighted by Crippen LogP contribution is -2.02. The normalized spacial score (nSPS) is 11.0. The first-order valence-corrected chi connectivity index (χ1v) is 8.37. The molecule has 3 aromatic rings. The molecule has 3 rings (SSSR count). The smallest absolute Gasteiger partial charge is 0.338 e. The van der Waals surface area contributed by atoms with E-state index in [0.717, 1.165) is 15.6 Å². The van der Waals surface area contributed by atoms with Gasteiger partial charge in [0.05, 0.1) is 19.1 Å². The number of hydrogen-bond acceptors (Lipinski definition) is 5. The summed E-state index contributed by atoms with van der Waals surface area (Å²) < 4.78 is 11.4. The van der Waals surface area contributed by atoms with Gasteiger partial charge in [0, 0.05) is 10.5 Å². The SMILES string of the molecule is COC(=O)c1ccccc1/C=C/c1nnc(Cc2cccc(Br)c2)o1. The van der Waals surface area contributed by atoms with E-state index in [2.05, 4.69) is 26.1 Å². The van der Waals surface area contributed by atoms with Crippen molar-refractivity contribution in [2.45, 2.75) is 6.42 Å². The highest BCUT2D eigenvalue weighted by molar-refractivity contribution is 9.10. The van der Waals surface area contributed by atoms with Crippen LogP contribution in [0.5, 0.6) is 0 Å². The zero-order valence-corrected chi connectivity index (χ0v) is 15.1. The van der Waals surface area contributed by atoms with Crippen molar-refractivity contribution in [3.63, 3.8) is 0 Å². The molecule has 0 aliphatic carbocycles. The van der Waals surface area contributed by atoms with Gasteiger partial charge in [-0.05, 0) is 35.4 Å². The van der Waals surface area contributed by atoms with Gasteiger partial charge in [-0.15, -0.1) is 10.2 Å². The first-order valence-electron chi connectivity index (χ1n) is 7.58. The Kier molecular flexibility index (Phi) is 5.40. The molecule has 0 aliphatic rings. The van der Waals surface area contributed by atoms with Crippen LogP contribution in [0.25, 0.3) is 12.2 Å². The van der Waals surface area contributed by atoms with Crippen molar-refractivity contribution in [3.8, 4) is 0 Å². The summed E-state index contributed by atoms with van der Waals surface area (Å²) in [7, 11) is 1.36. The average Bonchev–Trinajstić information content (AvgIpc) is 3.07. The van der Waals surface area contributed by atoms with Crippen LogP contribution in [0.15, 0.2) is 57.4 Å². The molecule has 6 heteroatoms. The molecule has 2 aromatic carbocycles. The number of nitrogens with zero attached hydrogens (tertiary/aromatic N) is 2. The summed E-state index contributed by atoms with van der Waals surface area (Å²) in [6.07, 6.45) is 3.99. The lowest BCUT2D eigenvalue weighted by molar-refractivity contribution is 0.0600. The number of benzene rings is 2. The van der Waals surface area contributed by atoms with E-state index in [1.807, 2.05) is 36.4 Å². The van der Waals surface area contributed by atoms with E-state index < -0.39 is 0 Å². The second-order valence-corrected chi connectivity index (χ2v) is 6.17. The van der Waals surface area contributed by atoms with Gasteiger partial charge in [0.1, 0.15) is 0 Å². The quantitative estimate of drug-likeness (QED) is 0.596. The molecule has 1 heterocycles. The van der Waals surface area contributed by atoms with Gasteiger partial charge in [0.2, 0.25) is 11.8 Å². The van der Waals surface area contributed by atoms with Crippen molar-refractivity contribution in [3.05, 3.63) is 81.5 Å². The van der Waals surface area contributed by atoms with Gasteiger partial charge >= 0.3 is 5.97 Å². The van der Waals surface area contributed by atoms with Crippen LogP contribution < -0.4 is 0 Å². The molecule has 0 N–H and O–H groups in total. The van der Waals surface area contributed by atoms with E-state index in [0.29, 0.717) is 23.8 Å². The van der Waals surface area contributed by atoms with E-state index >= 15 is 0 Å². The minimum Gasteiger partial charge on any atom is -0.465 e. The van der Waals surface area contributed by atoms with Crippen LogP contribution in [0.2, 0.25) is 0 Å². The fourth-order valence-electron chi connectivity index (χ4n) is 2.33. The molecule has 0 radical (unpaired) electrons. The molecule has 0 spiro atoms. The number of esters is 1. The van der Waals surface area contributed by atoms with Gasteiger partial charge in [0.25, 0.3) is 0 Å². The van der Waals surface area contributed by atoms with Crippen LogP contribution in [-0.4, -0.2) is 23.3 Å². The standard InChI is InChI=1S/C19H15BrN2O3/c1-24-19(23)16-8-3-2-6-14(16)9-10-17-21-22-18(25-17)12-13-5-4-7-15(20)11-13/h2-11H,12H2,1H3/b10-9+. The van der Waals surface area contributed by atoms with Crippen molar-refractivity contribution in [2.24, 2.45) is 0 Å². The van der Waals surface area contributed by atoms with Gasteiger partial charge in [0.15, 0.2) is 0 Å². The van der Waals surface area contributed by atoms with Crippen molar-refractivity contribution in [1.29, 1.82) is 0 Å². The fraction of sp³-hybridized carbons (Fsp3) is 0.105. The summed E-state index contributed by atoms with van der Waals surface area (Å²) in [5.41, 5.74) is 2.28. The molecule has 0 unspecified atom stereocenters. The molecular weight excluding hydrogens is 384 g/mol. The van der Waals surface area contributed by atoms with E-state index in [4.69, 9.17) is 9.15 Å². The Labute approximate surface area is 153 Å². The molecule has 0 saturated heterocycles. The monoisotopic (exact) mass is 398 g/mol. The highest BCUT2D eigenvalue weighted by Gasteiger charge is 2.09. The molecule has 0 bridgehead atoms. The van der Waals surface area contributed by atoms with Gasteiger partial charge in [-0.1, -0.05) is 46.3 Å². The maximum absolute atomic E-state index is 11.8. The van der Waals surface area contributed by atoms with E-state index in [1.165, 1.54) is 7.11 Å². The van der Waals surface area contributed by atoms with E-state index in [-0.39, 0.29) is 5.97 Å². The van der Waals surface area contributed by atoms with Crippen LogP contribution in [-0.2, 0) is 11.2 Å². The summed E-state index contributed by atoms with van der Waals surface area (Å²) in [6, 6.07) is 15.1. The van der Waals surface area contributed by atoms with E-state index in [1.54, 1.807) is 24.3 Å². The molecule has 0 atom stereocenters. The highest BCUT2D eigenvalue weighted by atomic mass is 79.9. The Morgan fingerprint density at radius 2 is 2.00 bits per heavy atom. The number of methoxy groups -OCH3 is 1. The maximum atomic E-state index is 11.8. The van der Waals surface area contributed by atoms with Crippen molar-refractivity contribution < 1.29 is 13.9 Å². The lowest BCUT2D eigenvalue weighted by Gasteiger charge is -2.02. The predicted molar refractivity (Wildman–Crippen MR) is 98.0 cm³/mol. The third-order valence-electron chi connectivity index (χ3n) is 3.50. The van der Waals surface area contributed by atoms with Crippen molar-refractivity contribution in [2.75, 3.05) is 7.11 Å². The highest BCUT2D eigenvalue weighted by Crippen LogP contribution is 2.17. The van der Waals surface area contributed by atoms with Crippen LogP contribution in [0.1, 0.15) is 33.3 Å². The summed E-state index contributed by atoms with van der Waals surface area (Å²) in [4.78, 5) is 11.8. The number of carbonyl (C=O) groups is 1. The summed E-state index contributed by atoms with van der Waals surface area (Å²) >= 11 is 3.44. The van der Waals surface area contributed by atoms with Gasteiger partial charge in [-0.3, -0.25) is 0 Å². The number of halogens is 1. The summed E-state index contributed by atoms with van der Waals surface area (Å²) in [5.74, 6) is 0.518. The predicted octanol–water partition coefficient (Wildman–Crippen LogP) is 4.38. The largest absolute Gasteiger partial charge is 0.465 e. The molecule has 0 amide bonds. The van der Waals surface area contributed by atoms with Crippen molar-refractivity contribution >= 4 is 34.1 Å². The first kappa shape index (κ1) is 17.1. The van der Waals surface area contributed by atoms with Gasteiger partial charge < -0.3 is 9.15 Å². The Balaban J connectivity index is 1.75. The Hall–Kier alpha value is -2.73. The topological polar surface area (TPSA) is 65.2 Å². The van der Waals surface area contributed by atoms with Crippen LogP contribution in [0, 0.1) is 0 Å². The zero-order valence-electron chi connectivity index (χ0n) is 13.5. The summed E-state index contributed by atoms with van der Waals surface area (Å²) in [5, 5.41) is 8.07. The fourth-order valence-corrected chi connectivity index (χ4v) is 2.77. The van der Waals surface area contributed by atoms with Crippen LogP contribution in [0.4, 0.5) is 0 Å². The average molecular weight is 399 g/mol. The third kappa shape index (κ3) is 4.42. The molecule has 126 valence electrons. The number of rotatable bonds is 5. The molecular formula is C19H15BrN2O3. The van der Waals surface area contributed by atoms with E-state index in [9.17, 15) is 4.79 Å². The Morgan fingerprint density at radius 1 is 1.16 bits per heavy atom. The minimum absolute atomic E-state index is 0.379. The molecule has 0 fully saturated rings. The second kappa shape index (κ2) is 7.90. The number of hydrogen-bond donors (Lipinski definition) is 0. The van der Waals surface area contributed by atoms with Gasteiger partial charge in [-0.25, -0.2) is 4.79 Å². The lowest BCUT2D eigenvalue weighted by atomic mass is 10.1. The number of carbonyl (C=O) groups excluding carboxylic acids is 1. The Bertz CT molecular complexity index is 918. The van der Waals surface area contributed by atoms with Crippen LogP contribution in [0.3, 0.4) is 0 Å². The summed E-state index contributed by atoms with van der Waals surface area (Å²) in [6.45, 7) is 0. The first-order chi connectivity index (χ1) is 12.2. The third-order valence-corrected chi connectivity index (χ3v) is 3.99. The number of aromatic nitrogens is 2. The molecule has 1 aromatic heterocycles. The molecule has 5 nitrogen and oxygen atoms in total. The molecule has 25 heavy (non-hydrogen) atoms. The van der Waals surface area contributed by atoms with Crippen molar-refractivity contribution in [1.82, 2.24) is 10.2 Å². The zero-order chi connectivity index (χ0) is 17.6. The minimum atomic E-state index is -0.388. The Morgan fingerprint density at radius 3 is 2.80 bits per heavy atom. The molecule has 0 aliphatic heterocycles. The molecule has 0 saturated carbocycles. The van der Waals surface area contributed by atoms with Crippen LogP contribution >= 0.6 is 15.9 Å². The van der Waals surface area contributed by atoms with Gasteiger partial charge in [-0.2, -0.15) is 0 Å². The number of ether oxygens (including phenoxy) is 1.